The summed E-state index contributed by atoms with van der Waals surface area (Å²) in [6.45, 7) is 2.90. The molecule has 3 amide bonds. The van der Waals surface area contributed by atoms with Gasteiger partial charge in [0.1, 0.15) is 30.8 Å². The van der Waals surface area contributed by atoms with Gasteiger partial charge in [0.25, 0.3) is 5.91 Å². The molecule has 1 aliphatic rings. The van der Waals surface area contributed by atoms with Crippen LogP contribution in [-0.4, -0.2) is 54.8 Å². The Morgan fingerprint density at radius 2 is 1.31 bits per heavy atom. The maximum absolute atomic E-state index is 13.7. The summed E-state index contributed by atoms with van der Waals surface area (Å²) in [7, 11) is 0. The molecule has 0 unspecified atom stereocenters. The molecule has 1 heterocycles. The van der Waals surface area contributed by atoms with Crippen LogP contribution in [0.4, 0.5) is 5.69 Å². The highest BCUT2D eigenvalue weighted by Crippen LogP contribution is 2.27. The predicted molar refractivity (Wildman–Crippen MR) is 173 cm³/mol. The molecule has 4 aromatic rings. The fourth-order valence-electron chi connectivity index (χ4n) is 5.20. The highest BCUT2D eigenvalue weighted by molar-refractivity contribution is 6.00. The number of carbonyl (C=O) groups is 3. The zero-order valence-electron chi connectivity index (χ0n) is 25.1. The topological polar surface area (TPSA) is 114 Å². The van der Waals surface area contributed by atoms with Gasteiger partial charge in [-0.3, -0.25) is 14.4 Å². The van der Waals surface area contributed by atoms with Crippen molar-refractivity contribution < 1.29 is 23.9 Å². The summed E-state index contributed by atoms with van der Waals surface area (Å²) in [6, 6.07) is 33.5. The van der Waals surface area contributed by atoms with E-state index in [0.29, 0.717) is 44.3 Å². The first-order valence-electron chi connectivity index (χ1n) is 15.1. The van der Waals surface area contributed by atoms with Crippen molar-refractivity contribution in [2.24, 2.45) is 5.73 Å². The van der Waals surface area contributed by atoms with Crippen LogP contribution in [0.3, 0.4) is 0 Å². The largest absolute Gasteiger partial charge is 0.489 e. The van der Waals surface area contributed by atoms with E-state index in [4.69, 9.17) is 15.2 Å². The Kier molecular flexibility index (Phi) is 10.7. The summed E-state index contributed by atoms with van der Waals surface area (Å²) >= 11 is 0. The van der Waals surface area contributed by atoms with Gasteiger partial charge in [0.15, 0.2) is 0 Å². The molecular formula is C36H38N4O5. The fourth-order valence-corrected chi connectivity index (χ4v) is 5.20. The van der Waals surface area contributed by atoms with Gasteiger partial charge in [0.2, 0.25) is 11.8 Å². The third kappa shape index (κ3) is 8.86. The molecule has 9 nitrogen and oxygen atoms in total. The summed E-state index contributed by atoms with van der Waals surface area (Å²) < 4.78 is 12.1. The second-order valence-corrected chi connectivity index (χ2v) is 10.9. The van der Waals surface area contributed by atoms with Crippen molar-refractivity contribution in [3.63, 3.8) is 0 Å². The van der Waals surface area contributed by atoms with E-state index in [2.05, 4.69) is 10.2 Å². The molecule has 4 aromatic carbocycles. The number of rotatable bonds is 13. The number of anilines is 1. The molecule has 45 heavy (non-hydrogen) atoms. The van der Waals surface area contributed by atoms with Gasteiger partial charge in [-0.1, -0.05) is 78.9 Å². The fraction of sp³-hybridized carbons (Fsp3) is 0.250. The molecule has 3 N–H and O–H groups in total. The van der Waals surface area contributed by atoms with Crippen molar-refractivity contribution in [1.82, 2.24) is 10.2 Å². The second-order valence-electron chi connectivity index (χ2n) is 10.9. The number of nitrogens with zero attached hydrogens (tertiary/aromatic N) is 2. The normalized spacial score (nSPS) is 13.5. The lowest BCUT2D eigenvalue weighted by Gasteiger charge is -2.37. The molecule has 1 saturated heterocycles. The number of benzene rings is 4. The number of hydrogen-bond donors (Lipinski definition) is 2. The number of para-hydroxylation sites is 1. The van der Waals surface area contributed by atoms with E-state index >= 15 is 0 Å². The maximum atomic E-state index is 13.7. The van der Waals surface area contributed by atoms with E-state index in [1.165, 1.54) is 0 Å². The number of nitrogens with one attached hydrogen (secondary N) is 1. The predicted octanol–water partition coefficient (Wildman–Crippen LogP) is 4.56. The molecule has 0 saturated carbocycles. The summed E-state index contributed by atoms with van der Waals surface area (Å²) in [5.74, 6) is -0.413. The standard InChI is InChI=1S/C36H38N4O5/c37-34(41)19-18-32(36(43)40-22-20-39(21-23-40)29-14-8-3-9-15-29)38-35(42)31-17-16-30(44-25-27-10-4-1-5-11-27)24-33(31)45-26-28-12-6-2-7-13-28/h1-17,24,32H,18-23,25-26H2,(H2,37,41)(H,38,42)/t32-/m0/s1. The third-order valence-electron chi connectivity index (χ3n) is 7.68. The third-order valence-corrected chi connectivity index (χ3v) is 7.68. The molecule has 0 aliphatic carbocycles. The number of nitrogens with two attached hydrogens (primary N) is 1. The molecule has 1 aliphatic heterocycles. The average Bonchev–Trinajstić information content (AvgIpc) is 3.09. The highest BCUT2D eigenvalue weighted by atomic mass is 16.5. The summed E-state index contributed by atoms with van der Waals surface area (Å²) in [5, 5.41) is 2.87. The quantitative estimate of drug-likeness (QED) is 0.231. The second kappa shape index (κ2) is 15.4. The van der Waals surface area contributed by atoms with Gasteiger partial charge in [-0.05, 0) is 41.8 Å². The molecule has 0 radical (unpaired) electrons. The van der Waals surface area contributed by atoms with Crippen molar-refractivity contribution >= 4 is 23.4 Å². The number of piperazine rings is 1. The minimum atomic E-state index is -0.927. The minimum Gasteiger partial charge on any atom is -0.489 e. The first-order valence-corrected chi connectivity index (χ1v) is 15.1. The molecule has 1 atom stereocenters. The van der Waals surface area contributed by atoms with Gasteiger partial charge in [-0.2, -0.15) is 0 Å². The van der Waals surface area contributed by atoms with Crippen LogP contribution in [0.2, 0.25) is 0 Å². The zero-order chi connectivity index (χ0) is 31.4. The van der Waals surface area contributed by atoms with Crippen LogP contribution in [0.15, 0.2) is 109 Å². The molecule has 232 valence electrons. The molecule has 0 bridgehead atoms. The van der Waals surface area contributed by atoms with Crippen LogP contribution < -0.4 is 25.4 Å². The van der Waals surface area contributed by atoms with Crippen LogP contribution in [0.1, 0.15) is 34.3 Å². The molecule has 0 spiro atoms. The summed E-state index contributed by atoms with van der Waals surface area (Å²) in [6.07, 6.45) is 0.0571. The highest BCUT2D eigenvalue weighted by Gasteiger charge is 2.30. The van der Waals surface area contributed by atoms with E-state index < -0.39 is 17.9 Å². The van der Waals surface area contributed by atoms with Crippen LogP contribution in [0.25, 0.3) is 0 Å². The van der Waals surface area contributed by atoms with E-state index in [1.807, 2.05) is 91.0 Å². The van der Waals surface area contributed by atoms with Crippen LogP contribution in [-0.2, 0) is 22.8 Å². The zero-order valence-corrected chi connectivity index (χ0v) is 25.1. The lowest BCUT2D eigenvalue weighted by molar-refractivity contribution is -0.133. The Bertz CT molecular complexity index is 1560. The van der Waals surface area contributed by atoms with Gasteiger partial charge in [0, 0.05) is 44.4 Å². The molecular weight excluding hydrogens is 568 g/mol. The number of hydrogen-bond acceptors (Lipinski definition) is 6. The number of ether oxygens (including phenoxy) is 2. The first-order chi connectivity index (χ1) is 22.0. The van der Waals surface area contributed by atoms with Gasteiger partial charge in [-0.15, -0.1) is 0 Å². The Labute approximate surface area is 263 Å². The van der Waals surface area contributed by atoms with Crippen molar-refractivity contribution in [2.45, 2.75) is 32.1 Å². The smallest absolute Gasteiger partial charge is 0.255 e. The van der Waals surface area contributed by atoms with Crippen LogP contribution in [0.5, 0.6) is 11.5 Å². The Hall–Kier alpha value is -5.31. The monoisotopic (exact) mass is 606 g/mol. The number of carbonyl (C=O) groups excluding carboxylic acids is 3. The lowest BCUT2D eigenvalue weighted by atomic mass is 10.1. The molecule has 9 heteroatoms. The summed E-state index contributed by atoms with van der Waals surface area (Å²) in [5.41, 5.74) is 8.73. The first kappa shape index (κ1) is 31.1. The van der Waals surface area contributed by atoms with Gasteiger partial charge in [-0.25, -0.2) is 0 Å². The Morgan fingerprint density at radius 1 is 0.733 bits per heavy atom. The van der Waals surface area contributed by atoms with Crippen molar-refractivity contribution in [3.05, 3.63) is 126 Å². The van der Waals surface area contributed by atoms with E-state index in [1.54, 1.807) is 23.1 Å². The van der Waals surface area contributed by atoms with Crippen molar-refractivity contribution in [1.29, 1.82) is 0 Å². The Morgan fingerprint density at radius 3 is 1.91 bits per heavy atom. The molecule has 5 rings (SSSR count). The van der Waals surface area contributed by atoms with E-state index in [-0.39, 0.29) is 30.9 Å². The number of amides is 3. The summed E-state index contributed by atoms with van der Waals surface area (Å²) in [4.78, 5) is 43.0. The SMILES string of the molecule is NC(=O)CC[C@H](NC(=O)c1ccc(OCc2ccccc2)cc1OCc1ccccc1)C(=O)N1CCN(c2ccccc2)CC1. The van der Waals surface area contributed by atoms with Crippen molar-refractivity contribution in [2.75, 3.05) is 31.1 Å². The molecule has 0 aromatic heterocycles. The Balaban J connectivity index is 1.30. The van der Waals surface area contributed by atoms with Gasteiger partial charge in [0.05, 0.1) is 5.56 Å². The van der Waals surface area contributed by atoms with E-state index in [9.17, 15) is 14.4 Å². The van der Waals surface area contributed by atoms with Crippen molar-refractivity contribution in [3.8, 4) is 11.5 Å². The average molecular weight is 607 g/mol. The minimum absolute atomic E-state index is 0.0374. The lowest BCUT2D eigenvalue weighted by Crippen LogP contribution is -2.55. The van der Waals surface area contributed by atoms with E-state index in [0.717, 1.165) is 16.8 Å². The maximum Gasteiger partial charge on any atom is 0.255 e. The van der Waals surface area contributed by atoms with Gasteiger partial charge >= 0.3 is 0 Å². The van der Waals surface area contributed by atoms with Crippen LogP contribution >= 0.6 is 0 Å². The van der Waals surface area contributed by atoms with Crippen LogP contribution in [0, 0.1) is 0 Å². The molecule has 1 fully saturated rings. The van der Waals surface area contributed by atoms with Gasteiger partial charge < -0.3 is 30.3 Å². The number of primary amides is 1.